The SMILES string of the molecule is O=C(Cc1ccccc1)c1ccccc1C(O)(C(=O)O)C(O)C(=O)O. The van der Waals surface area contributed by atoms with Crippen LogP contribution in [0.2, 0.25) is 0 Å². The minimum absolute atomic E-state index is 0.0727. The molecule has 0 radical (unpaired) electrons. The minimum atomic E-state index is -3.16. The van der Waals surface area contributed by atoms with Crippen LogP contribution >= 0.6 is 0 Å². The van der Waals surface area contributed by atoms with E-state index in [0.717, 1.165) is 6.07 Å². The molecule has 7 nitrogen and oxygen atoms in total. The minimum Gasteiger partial charge on any atom is -0.479 e. The molecule has 0 aliphatic heterocycles. The molecule has 0 heterocycles. The van der Waals surface area contributed by atoms with E-state index in [4.69, 9.17) is 5.11 Å². The molecule has 4 N–H and O–H groups in total. The van der Waals surface area contributed by atoms with E-state index in [1.54, 1.807) is 30.3 Å². The summed E-state index contributed by atoms with van der Waals surface area (Å²) in [4.78, 5) is 35.1. The summed E-state index contributed by atoms with van der Waals surface area (Å²) in [6, 6.07) is 13.8. The average Bonchev–Trinajstić information content (AvgIpc) is 2.60. The number of aliphatic carboxylic acids is 2. The molecular formula is C18H16O7. The number of hydrogen-bond acceptors (Lipinski definition) is 5. The third-order valence-electron chi connectivity index (χ3n) is 3.80. The molecule has 130 valence electrons. The quantitative estimate of drug-likeness (QED) is 0.547. The van der Waals surface area contributed by atoms with Crippen LogP contribution in [0.3, 0.4) is 0 Å². The normalized spacial score (nSPS) is 14.3. The number of carbonyl (C=O) groups is 3. The van der Waals surface area contributed by atoms with Crippen LogP contribution in [0.25, 0.3) is 0 Å². The average molecular weight is 344 g/mol. The van der Waals surface area contributed by atoms with Gasteiger partial charge in [0.1, 0.15) is 0 Å². The molecule has 25 heavy (non-hydrogen) atoms. The van der Waals surface area contributed by atoms with Gasteiger partial charge in [-0.1, -0.05) is 54.6 Å². The fourth-order valence-corrected chi connectivity index (χ4v) is 2.49. The van der Waals surface area contributed by atoms with Gasteiger partial charge in [-0.25, -0.2) is 9.59 Å². The summed E-state index contributed by atoms with van der Waals surface area (Å²) in [5.41, 5.74) is -3.13. The lowest BCUT2D eigenvalue weighted by molar-refractivity contribution is -0.185. The number of aliphatic hydroxyl groups is 2. The smallest absolute Gasteiger partial charge is 0.343 e. The highest BCUT2D eigenvalue weighted by Crippen LogP contribution is 2.30. The molecule has 2 aromatic carbocycles. The van der Waals surface area contributed by atoms with E-state index >= 15 is 0 Å². The Balaban J connectivity index is 2.50. The molecule has 0 saturated heterocycles. The van der Waals surface area contributed by atoms with Gasteiger partial charge in [0, 0.05) is 17.5 Å². The van der Waals surface area contributed by atoms with Gasteiger partial charge in [-0.15, -0.1) is 0 Å². The zero-order chi connectivity index (χ0) is 18.6. The van der Waals surface area contributed by atoms with Crippen LogP contribution in [0, 0.1) is 0 Å². The summed E-state index contributed by atoms with van der Waals surface area (Å²) in [5.74, 6) is -4.41. The summed E-state index contributed by atoms with van der Waals surface area (Å²) < 4.78 is 0. The van der Waals surface area contributed by atoms with E-state index in [0.29, 0.717) is 5.56 Å². The van der Waals surface area contributed by atoms with Gasteiger partial charge in [-0.05, 0) is 5.56 Å². The number of carbonyl (C=O) groups excluding carboxylic acids is 1. The fraction of sp³-hybridized carbons (Fsp3) is 0.167. The molecule has 0 saturated carbocycles. The third-order valence-corrected chi connectivity index (χ3v) is 3.80. The maximum absolute atomic E-state index is 12.6. The second-order valence-corrected chi connectivity index (χ2v) is 5.44. The lowest BCUT2D eigenvalue weighted by Crippen LogP contribution is -2.51. The summed E-state index contributed by atoms with van der Waals surface area (Å²) in [6.07, 6.45) is -2.72. The van der Waals surface area contributed by atoms with Crippen LogP contribution in [0.4, 0.5) is 0 Å². The van der Waals surface area contributed by atoms with Gasteiger partial charge in [0.05, 0.1) is 0 Å². The second-order valence-electron chi connectivity index (χ2n) is 5.44. The zero-order valence-corrected chi connectivity index (χ0v) is 13.0. The van der Waals surface area contributed by atoms with Crippen molar-refractivity contribution in [1.82, 2.24) is 0 Å². The first-order valence-electron chi connectivity index (χ1n) is 7.31. The van der Waals surface area contributed by atoms with E-state index in [2.05, 4.69) is 0 Å². The van der Waals surface area contributed by atoms with Gasteiger partial charge in [-0.2, -0.15) is 0 Å². The zero-order valence-electron chi connectivity index (χ0n) is 13.0. The molecule has 2 unspecified atom stereocenters. The summed E-state index contributed by atoms with van der Waals surface area (Å²) in [5, 5.41) is 38.4. The van der Waals surface area contributed by atoms with E-state index in [1.807, 2.05) is 0 Å². The van der Waals surface area contributed by atoms with Gasteiger partial charge >= 0.3 is 11.9 Å². The van der Waals surface area contributed by atoms with Crippen LogP contribution in [-0.2, 0) is 21.6 Å². The maximum Gasteiger partial charge on any atom is 0.343 e. The van der Waals surface area contributed by atoms with E-state index < -0.39 is 35.0 Å². The highest BCUT2D eigenvalue weighted by molar-refractivity contribution is 6.01. The lowest BCUT2D eigenvalue weighted by Gasteiger charge is -2.28. The van der Waals surface area contributed by atoms with Crippen LogP contribution in [-0.4, -0.2) is 44.3 Å². The number of rotatable bonds is 7. The Labute approximate surface area is 142 Å². The third kappa shape index (κ3) is 3.57. The summed E-state index contributed by atoms with van der Waals surface area (Å²) in [6.45, 7) is 0. The number of benzene rings is 2. The number of Topliss-reactive ketones (excluding diaryl/α,β-unsaturated/α-hetero) is 1. The van der Waals surface area contributed by atoms with Crippen molar-refractivity contribution < 1.29 is 34.8 Å². The first kappa shape index (κ1) is 18.3. The molecule has 0 fully saturated rings. The molecule has 0 amide bonds. The Bertz CT molecular complexity index is 800. The first-order valence-corrected chi connectivity index (χ1v) is 7.31. The molecule has 0 aliphatic carbocycles. The van der Waals surface area contributed by atoms with Crippen LogP contribution in [0.5, 0.6) is 0 Å². The van der Waals surface area contributed by atoms with Gasteiger partial charge in [0.2, 0.25) is 5.60 Å². The van der Waals surface area contributed by atoms with Crippen molar-refractivity contribution in [2.24, 2.45) is 0 Å². The number of carboxylic acids is 2. The Kier molecular flexibility index (Phi) is 5.31. The topological polar surface area (TPSA) is 132 Å². The van der Waals surface area contributed by atoms with E-state index in [1.165, 1.54) is 18.2 Å². The first-order chi connectivity index (χ1) is 11.8. The molecule has 0 spiro atoms. The predicted molar refractivity (Wildman–Crippen MR) is 86.1 cm³/mol. The van der Waals surface area contributed by atoms with Gasteiger partial charge < -0.3 is 20.4 Å². The Morgan fingerprint density at radius 1 is 0.920 bits per heavy atom. The molecule has 2 rings (SSSR count). The fourth-order valence-electron chi connectivity index (χ4n) is 2.49. The van der Waals surface area contributed by atoms with Crippen molar-refractivity contribution in [1.29, 1.82) is 0 Å². The van der Waals surface area contributed by atoms with Crippen LogP contribution < -0.4 is 0 Å². The Morgan fingerprint density at radius 3 is 2.04 bits per heavy atom. The second kappa shape index (κ2) is 7.25. The van der Waals surface area contributed by atoms with Crippen molar-refractivity contribution in [3.8, 4) is 0 Å². The molecule has 2 atom stereocenters. The predicted octanol–water partition coefficient (Wildman–Crippen LogP) is 0.830. The molecule has 0 aliphatic rings. The standard InChI is InChI=1S/C18H16O7/c19-14(10-11-6-2-1-3-7-11)12-8-4-5-9-13(12)18(25,17(23)24)15(20)16(21)22/h1-9,15,20,25H,10H2,(H,21,22)(H,23,24). The van der Waals surface area contributed by atoms with Crippen molar-refractivity contribution in [2.45, 2.75) is 18.1 Å². The molecule has 7 heteroatoms. The van der Waals surface area contributed by atoms with Crippen molar-refractivity contribution >= 4 is 17.7 Å². The lowest BCUT2D eigenvalue weighted by atomic mass is 9.83. The highest BCUT2D eigenvalue weighted by atomic mass is 16.4. The van der Waals surface area contributed by atoms with Gasteiger partial charge in [0.25, 0.3) is 0 Å². The molecular weight excluding hydrogens is 328 g/mol. The molecule has 0 bridgehead atoms. The number of aliphatic hydroxyl groups excluding tert-OH is 1. The number of ketones is 1. The van der Waals surface area contributed by atoms with Gasteiger partial charge in [-0.3, -0.25) is 4.79 Å². The highest BCUT2D eigenvalue weighted by Gasteiger charge is 2.51. The molecule has 2 aromatic rings. The van der Waals surface area contributed by atoms with Crippen molar-refractivity contribution in [2.75, 3.05) is 0 Å². The van der Waals surface area contributed by atoms with Crippen LogP contribution in [0.1, 0.15) is 21.5 Å². The summed E-state index contributed by atoms with van der Waals surface area (Å²) in [7, 11) is 0. The van der Waals surface area contributed by atoms with E-state index in [-0.39, 0.29) is 12.0 Å². The van der Waals surface area contributed by atoms with Gasteiger partial charge in [0.15, 0.2) is 11.9 Å². The summed E-state index contributed by atoms with van der Waals surface area (Å²) >= 11 is 0. The number of carboxylic acid groups (broad SMARTS) is 2. The van der Waals surface area contributed by atoms with E-state index in [9.17, 15) is 29.7 Å². The number of hydrogen-bond donors (Lipinski definition) is 4. The molecule has 0 aromatic heterocycles. The largest absolute Gasteiger partial charge is 0.479 e. The van der Waals surface area contributed by atoms with Crippen molar-refractivity contribution in [3.05, 3.63) is 71.3 Å². The Morgan fingerprint density at radius 2 is 1.48 bits per heavy atom. The monoisotopic (exact) mass is 344 g/mol. The Hall–Kier alpha value is -3.03. The maximum atomic E-state index is 12.6. The van der Waals surface area contributed by atoms with Crippen LogP contribution in [0.15, 0.2) is 54.6 Å². The van der Waals surface area contributed by atoms with Crippen molar-refractivity contribution in [3.63, 3.8) is 0 Å².